The smallest absolute Gasteiger partial charge is 0.251 e. The van der Waals surface area contributed by atoms with Crippen molar-refractivity contribution in [1.82, 2.24) is 0 Å². The quantitative estimate of drug-likeness (QED) is 0.679. The van der Waals surface area contributed by atoms with Gasteiger partial charge in [-0.25, -0.2) is 0 Å². The first-order valence-electron chi connectivity index (χ1n) is 3.16. The predicted molar refractivity (Wildman–Crippen MR) is 42.4 cm³/mol. The summed E-state index contributed by atoms with van der Waals surface area (Å²) in [5, 5.41) is 4.41. The van der Waals surface area contributed by atoms with Gasteiger partial charge in [-0.15, -0.1) is 11.3 Å². The van der Waals surface area contributed by atoms with E-state index >= 15 is 0 Å². The summed E-state index contributed by atoms with van der Waals surface area (Å²) in [7, 11) is 1.57. The van der Waals surface area contributed by atoms with Gasteiger partial charge in [0.05, 0.1) is 7.11 Å². The summed E-state index contributed by atoms with van der Waals surface area (Å²) >= 11 is 1.54. The van der Waals surface area contributed by atoms with Crippen LogP contribution in [0, 0.1) is 0 Å². The molecule has 60 valence electrons. The third-order valence-electron chi connectivity index (χ3n) is 1.49. The van der Waals surface area contributed by atoms with Crippen LogP contribution in [0.25, 0.3) is 0 Å². The van der Waals surface area contributed by atoms with Crippen LogP contribution < -0.4 is 15.5 Å². The lowest BCUT2D eigenvalue weighted by molar-refractivity contribution is 0.0782. The molecule has 1 aromatic heterocycles. The Morgan fingerprint density at radius 2 is 2.64 bits per heavy atom. The Balaban J connectivity index is 2.35. The molecule has 1 aromatic rings. The van der Waals surface area contributed by atoms with Crippen molar-refractivity contribution in [3.8, 4) is 5.75 Å². The molecule has 4 nitrogen and oxygen atoms in total. The Morgan fingerprint density at radius 1 is 1.82 bits per heavy atom. The minimum Gasteiger partial charge on any atom is -0.452 e. The highest BCUT2D eigenvalue weighted by Gasteiger charge is 2.29. The second-order valence-electron chi connectivity index (χ2n) is 2.11. The average molecular weight is 172 g/mol. The average Bonchev–Trinajstić information content (AvgIpc) is 2.46. The molecule has 1 unspecified atom stereocenters. The first kappa shape index (κ1) is 6.90. The van der Waals surface area contributed by atoms with Crippen molar-refractivity contribution in [1.29, 1.82) is 0 Å². The summed E-state index contributed by atoms with van der Waals surface area (Å²) < 4.78 is 5.24. The number of hydroxylamine groups is 1. The summed E-state index contributed by atoms with van der Waals surface area (Å²) in [5.74, 6) is 0.796. The molecule has 0 radical (unpaired) electrons. The third-order valence-corrected chi connectivity index (χ3v) is 2.36. The van der Waals surface area contributed by atoms with E-state index in [0.717, 1.165) is 10.8 Å². The van der Waals surface area contributed by atoms with Crippen molar-refractivity contribution < 1.29 is 9.57 Å². The predicted octanol–water partition coefficient (Wildman–Crippen LogP) is 0.751. The van der Waals surface area contributed by atoms with Crippen molar-refractivity contribution in [3.05, 3.63) is 11.4 Å². The number of hydrogen-bond acceptors (Lipinski definition) is 5. The minimum atomic E-state index is -0.498. The zero-order chi connectivity index (χ0) is 7.84. The van der Waals surface area contributed by atoms with E-state index in [1.807, 2.05) is 11.4 Å². The molecule has 1 aliphatic rings. The van der Waals surface area contributed by atoms with Crippen molar-refractivity contribution in [3.63, 3.8) is 0 Å². The van der Waals surface area contributed by atoms with Crippen LogP contribution in [-0.2, 0) is 4.84 Å². The highest BCUT2D eigenvalue weighted by molar-refractivity contribution is 7.14. The van der Waals surface area contributed by atoms with Crippen LogP contribution in [0.4, 0.5) is 5.00 Å². The molecule has 11 heavy (non-hydrogen) atoms. The lowest BCUT2D eigenvalue weighted by Crippen LogP contribution is -2.41. The summed E-state index contributed by atoms with van der Waals surface area (Å²) in [6.07, 6.45) is -0.498. The van der Waals surface area contributed by atoms with Gasteiger partial charge < -0.3 is 4.74 Å². The molecule has 1 aliphatic heterocycles. The number of thiophene rings is 1. The fourth-order valence-electron chi connectivity index (χ4n) is 1.02. The number of anilines is 1. The Labute approximate surface area is 68.1 Å². The standard InChI is InChI=1S/C6H8N2O2S/c1-9-8-5-4(2-3-11-5)10-6(8)7/h2-3,6H,7H2,1H3. The van der Waals surface area contributed by atoms with Crippen LogP contribution >= 0.6 is 11.3 Å². The van der Waals surface area contributed by atoms with Gasteiger partial charge in [0.1, 0.15) is 0 Å². The topological polar surface area (TPSA) is 47.7 Å². The van der Waals surface area contributed by atoms with E-state index in [9.17, 15) is 0 Å². The Morgan fingerprint density at radius 3 is 3.36 bits per heavy atom. The van der Waals surface area contributed by atoms with Gasteiger partial charge in [-0.3, -0.25) is 10.6 Å². The highest BCUT2D eigenvalue weighted by Crippen LogP contribution is 2.40. The third kappa shape index (κ3) is 0.891. The zero-order valence-corrected chi connectivity index (χ0v) is 6.80. The van der Waals surface area contributed by atoms with Gasteiger partial charge in [0.25, 0.3) is 6.35 Å². The van der Waals surface area contributed by atoms with Gasteiger partial charge in [-0.05, 0) is 11.4 Å². The Hall–Kier alpha value is -0.780. The highest BCUT2D eigenvalue weighted by atomic mass is 32.1. The van der Waals surface area contributed by atoms with Crippen LogP contribution in [-0.4, -0.2) is 13.5 Å². The molecular formula is C6H8N2O2S. The SMILES string of the molecule is CON1c2sccc2OC1N. The maximum absolute atomic E-state index is 5.57. The molecule has 0 aliphatic carbocycles. The van der Waals surface area contributed by atoms with Crippen molar-refractivity contribution >= 4 is 16.3 Å². The van der Waals surface area contributed by atoms with Gasteiger partial charge in [0.2, 0.25) is 0 Å². The molecule has 2 N–H and O–H groups in total. The fourth-order valence-corrected chi connectivity index (χ4v) is 1.86. The number of ether oxygens (including phenoxy) is 1. The molecule has 0 fully saturated rings. The lowest BCUT2D eigenvalue weighted by atomic mass is 10.6. The fraction of sp³-hybridized carbons (Fsp3) is 0.333. The summed E-state index contributed by atoms with van der Waals surface area (Å²) in [6.45, 7) is 0. The summed E-state index contributed by atoms with van der Waals surface area (Å²) in [6, 6.07) is 1.87. The number of hydrogen-bond donors (Lipinski definition) is 1. The Kier molecular flexibility index (Phi) is 1.49. The largest absolute Gasteiger partial charge is 0.452 e. The van der Waals surface area contributed by atoms with E-state index in [2.05, 4.69) is 0 Å². The first-order chi connectivity index (χ1) is 5.33. The van der Waals surface area contributed by atoms with E-state index in [4.69, 9.17) is 15.3 Å². The monoisotopic (exact) mass is 172 g/mol. The normalized spacial score (nSPS) is 21.6. The van der Waals surface area contributed by atoms with Gasteiger partial charge in [0, 0.05) is 0 Å². The van der Waals surface area contributed by atoms with Gasteiger partial charge in [0.15, 0.2) is 10.8 Å². The molecule has 0 spiro atoms. The van der Waals surface area contributed by atoms with E-state index < -0.39 is 6.35 Å². The molecule has 2 heterocycles. The van der Waals surface area contributed by atoms with E-state index in [-0.39, 0.29) is 0 Å². The summed E-state index contributed by atoms with van der Waals surface area (Å²) in [4.78, 5) is 5.00. The van der Waals surface area contributed by atoms with Crippen LogP contribution in [0.15, 0.2) is 11.4 Å². The number of fused-ring (bicyclic) bond motifs is 1. The maximum Gasteiger partial charge on any atom is 0.251 e. The van der Waals surface area contributed by atoms with Crippen molar-refractivity contribution in [2.45, 2.75) is 6.35 Å². The van der Waals surface area contributed by atoms with Gasteiger partial charge >= 0.3 is 0 Å². The second-order valence-corrected chi connectivity index (χ2v) is 3.00. The Bertz CT molecular complexity index is 263. The van der Waals surface area contributed by atoms with E-state index in [0.29, 0.717) is 0 Å². The lowest BCUT2D eigenvalue weighted by Gasteiger charge is -2.16. The van der Waals surface area contributed by atoms with Crippen LogP contribution in [0.5, 0.6) is 5.75 Å². The molecule has 0 aromatic carbocycles. The van der Waals surface area contributed by atoms with Gasteiger partial charge in [-0.1, -0.05) is 0 Å². The van der Waals surface area contributed by atoms with E-state index in [1.165, 1.54) is 0 Å². The minimum absolute atomic E-state index is 0.498. The molecule has 0 saturated carbocycles. The molecule has 0 bridgehead atoms. The van der Waals surface area contributed by atoms with E-state index in [1.54, 1.807) is 23.5 Å². The first-order valence-corrected chi connectivity index (χ1v) is 4.04. The van der Waals surface area contributed by atoms with Crippen LogP contribution in [0.3, 0.4) is 0 Å². The second kappa shape index (κ2) is 2.37. The van der Waals surface area contributed by atoms with Crippen molar-refractivity contribution in [2.75, 3.05) is 12.2 Å². The van der Waals surface area contributed by atoms with Crippen LogP contribution in [0.1, 0.15) is 0 Å². The molecule has 1 atom stereocenters. The molecule has 0 saturated heterocycles. The van der Waals surface area contributed by atoms with Crippen molar-refractivity contribution in [2.24, 2.45) is 5.73 Å². The van der Waals surface area contributed by atoms with Gasteiger partial charge in [-0.2, -0.15) is 5.06 Å². The maximum atomic E-state index is 5.57. The molecule has 2 rings (SSSR count). The number of rotatable bonds is 1. The molecule has 5 heteroatoms. The number of nitrogens with zero attached hydrogens (tertiary/aromatic N) is 1. The zero-order valence-electron chi connectivity index (χ0n) is 5.98. The van der Waals surface area contributed by atoms with Crippen LogP contribution in [0.2, 0.25) is 0 Å². The molecular weight excluding hydrogens is 164 g/mol. The molecule has 0 amide bonds. The number of nitrogens with two attached hydrogens (primary N) is 1. The summed E-state index contributed by atoms with van der Waals surface area (Å²) in [5.41, 5.74) is 5.57.